The van der Waals surface area contributed by atoms with Gasteiger partial charge in [-0.3, -0.25) is 19.4 Å². The van der Waals surface area contributed by atoms with Crippen LogP contribution in [0.2, 0.25) is 0 Å². The third-order valence-electron chi connectivity index (χ3n) is 16.4. The van der Waals surface area contributed by atoms with Crippen molar-refractivity contribution < 1.29 is 98.5 Å². The molecule has 0 radical (unpaired) electrons. The van der Waals surface area contributed by atoms with Gasteiger partial charge in [-0.2, -0.15) is 0 Å². The zero-order valence-corrected chi connectivity index (χ0v) is 43.5. The van der Waals surface area contributed by atoms with Crippen LogP contribution in [-0.4, -0.2) is 205 Å². The number of aromatic amines is 1. The molecule has 3 aromatic rings. The Morgan fingerprint density at radius 2 is 1.40 bits per heavy atom. The molecule has 10 N–H and O–H groups in total. The van der Waals surface area contributed by atoms with Crippen molar-refractivity contribution in [3.05, 3.63) is 82.6 Å². The normalized spacial score (nSPS) is 29.9. The maximum absolute atomic E-state index is 15.2. The summed E-state index contributed by atoms with van der Waals surface area (Å²) < 4.78 is 23.9. The van der Waals surface area contributed by atoms with E-state index in [1.54, 1.807) is 7.11 Å². The number of benzene rings is 2. The predicted molar refractivity (Wildman–Crippen MR) is 269 cm³/mol. The van der Waals surface area contributed by atoms with Crippen molar-refractivity contribution in [1.82, 2.24) is 14.8 Å². The Kier molecular flexibility index (Phi) is 16.4. The Labute approximate surface area is 441 Å². The first-order valence-electron chi connectivity index (χ1n) is 24.9. The van der Waals surface area contributed by atoms with Gasteiger partial charge in [-0.05, 0) is 61.4 Å². The summed E-state index contributed by atoms with van der Waals surface area (Å²) in [6.07, 6.45) is -1.39. The van der Waals surface area contributed by atoms with Gasteiger partial charge in [0.05, 0.1) is 27.4 Å². The monoisotopic (exact) mass is 1080 g/mol. The number of hydrogen-bond acceptors (Lipinski definition) is 19. The number of fused-ring (bicyclic) bond motifs is 6. The molecule has 2 bridgehead atoms. The number of aromatic nitrogens is 1. The van der Waals surface area contributed by atoms with E-state index in [0.717, 1.165) is 52.9 Å². The van der Waals surface area contributed by atoms with Gasteiger partial charge in [0.1, 0.15) is 11.2 Å². The third kappa shape index (κ3) is 9.27. The summed E-state index contributed by atoms with van der Waals surface area (Å²) in [6.45, 7) is 9.19. The molecule has 2 fully saturated rings. The fraction of sp³-hybridized carbons (Fsp3) is 0.528. The van der Waals surface area contributed by atoms with Gasteiger partial charge in [0.15, 0.2) is 30.5 Å². The molecule has 1 aromatic heterocycles. The van der Waals surface area contributed by atoms with Crippen molar-refractivity contribution in [2.75, 3.05) is 59.5 Å². The molecule has 24 nitrogen and oxygen atoms in total. The lowest BCUT2D eigenvalue weighted by Crippen LogP contribution is -2.81. The summed E-state index contributed by atoms with van der Waals surface area (Å²) in [4.78, 5) is 92.2. The smallest absolute Gasteiger partial charge is 0.344 e. The summed E-state index contributed by atoms with van der Waals surface area (Å²) in [5.41, 5.74) is 1.05. The molecular formula is C53H66N4O20. The van der Waals surface area contributed by atoms with Crippen molar-refractivity contribution in [2.24, 2.45) is 11.3 Å². The number of carbonyl (C=O) groups is 7. The molecule has 24 heteroatoms. The van der Waals surface area contributed by atoms with Crippen LogP contribution < -0.4 is 9.64 Å². The molecule has 9 rings (SSSR count). The highest BCUT2D eigenvalue weighted by Crippen LogP contribution is 2.68. The van der Waals surface area contributed by atoms with Crippen molar-refractivity contribution in [3.63, 3.8) is 0 Å². The summed E-state index contributed by atoms with van der Waals surface area (Å²) in [6, 6.07) is 11.2. The van der Waals surface area contributed by atoms with Crippen LogP contribution in [0.1, 0.15) is 68.8 Å². The molecule has 1 saturated heterocycles. The molecule has 2 aromatic carbocycles. The molecule has 5 aliphatic heterocycles. The van der Waals surface area contributed by atoms with Gasteiger partial charge in [0, 0.05) is 90.9 Å². The first-order valence-corrected chi connectivity index (χ1v) is 24.9. The predicted octanol–water partition coefficient (Wildman–Crippen LogP) is 0.508. The second-order valence-electron chi connectivity index (χ2n) is 20.3. The Bertz CT molecular complexity index is 2830. The average molecular weight is 1080 g/mol. The number of carboxylic acid groups (broad SMARTS) is 4. The second-order valence-corrected chi connectivity index (χ2v) is 20.3. The first kappa shape index (κ1) is 57.8. The van der Waals surface area contributed by atoms with Gasteiger partial charge >= 0.3 is 41.8 Å². The van der Waals surface area contributed by atoms with E-state index >= 15 is 4.79 Å². The average Bonchev–Trinajstić information content (AvgIpc) is 4.06. The number of aliphatic hydroxyl groups is 5. The van der Waals surface area contributed by atoms with Crippen LogP contribution in [0, 0.1) is 11.3 Å². The van der Waals surface area contributed by atoms with Gasteiger partial charge in [0.25, 0.3) is 0 Å². The quantitative estimate of drug-likeness (QED) is 0.0633. The number of nitrogens with one attached hydrogen (secondary N) is 1. The Morgan fingerprint density at radius 1 is 0.805 bits per heavy atom. The van der Waals surface area contributed by atoms with E-state index in [1.165, 1.54) is 26.7 Å². The van der Waals surface area contributed by atoms with E-state index in [9.17, 15) is 33.9 Å². The number of aliphatic hydroxyl groups excluding tert-OH is 4. The lowest BCUT2D eigenvalue weighted by molar-refractivity contribution is -0.228. The first-order chi connectivity index (χ1) is 36.3. The van der Waals surface area contributed by atoms with Crippen molar-refractivity contribution >= 4 is 58.4 Å². The number of likely N-dealkylation sites (N-methyl/N-ethyl adjacent to an activating group) is 1. The van der Waals surface area contributed by atoms with E-state index in [-0.39, 0.29) is 17.9 Å². The van der Waals surface area contributed by atoms with Gasteiger partial charge in [-0.15, -0.1) is 0 Å². The number of para-hydroxylation sites is 1. The molecule has 418 valence electrons. The highest BCUT2D eigenvalue weighted by molar-refractivity contribution is 5.95. The molecule has 6 aliphatic rings. The Morgan fingerprint density at radius 3 is 1.94 bits per heavy atom. The summed E-state index contributed by atoms with van der Waals surface area (Å²) in [7, 11) is 6.22. The number of anilines is 1. The van der Waals surface area contributed by atoms with Crippen LogP contribution in [0.25, 0.3) is 10.9 Å². The van der Waals surface area contributed by atoms with Crippen LogP contribution in [0.3, 0.4) is 0 Å². The maximum Gasteiger partial charge on any atom is 0.344 e. The van der Waals surface area contributed by atoms with E-state index in [0.29, 0.717) is 50.2 Å². The number of carbonyl (C=O) groups excluding carboxylic acids is 3. The topological polar surface area (TPSA) is 364 Å². The van der Waals surface area contributed by atoms with Crippen LogP contribution >= 0.6 is 0 Å². The maximum atomic E-state index is 15.2. The summed E-state index contributed by atoms with van der Waals surface area (Å²) in [5, 5.41) is 79.4. The molecule has 1 saturated carbocycles. The van der Waals surface area contributed by atoms with Gasteiger partial charge in [-0.1, -0.05) is 55.8 Å². The minimum Gasteiger partial charge on any atom is -0.496 e. The minimum atomic E-state index is -2.27. The summed E-state index contributed by atoms with van der Waals surface area (Å²) in [5.74, 6) is -8.39. The molecule has 13 atom stereocenters. The lowest BCUT2D eigenvalue weighted by Gasteiger charge is -2.63. The zero-order chi connectivity index (χ0) is 56.9. The molecule has 1 unspecified atom stereocenters. The van der Waals surface area contributed by atoms with Crippen LogP contribution in [-0.2, 0) is 65.1 Å². The fourth-order valence-corrected chi connectivity index (χ4v) is 13.4. The number of carboxylic acids is 4. The molecule has 0 amide bonds. The van der Waals surface area contributed by atoms with E-state index in [1.807, 2.05) is 37.1 Å². The highest BCUT2D eigenvalue weighted by Gasteiger charge is 2.80. The second kappa shape index (κ2) is 21.8. The lowest BCUT2D eigenvalue weighted by atomic mass is 9.47. The zero-order valence-electron chi connectivity index (χ0n) is 43.5. The molecule has 1 aliphatic carbocycles. The molecular weight excluding hydrogens is 1010 g/mol. The minimum absolute atomic E-state index is 0.0284. The summed E-state index contributed by atoms with van der Waals surface area (Å²) >= 11 is 0. The highest BCUT2D eigenvalue weighted by atomic mass is 16.6. The van der Waals surface area contributed by atoms with Crippen molar-refractivity contribution in [1.29, 1.82) is 0 Å². The number of aliphatic carboxylic acids is 4. The largest absolute Gasteiger partial charge is 0.496 e. The number of ether oxygens (including phenoxy) is 4. The van der Waals surface area contributed by atoms with Crippen LogP contribution in [0.4, 0.5) is 5.69 Å². The number of methoxy groups -OCH3 is 3. The fourth-order valence-electron chi connectivity index (χ4n) is 13.4. The van der Waals surface area contributed by atoms with Gasteiger partial charge < -0.3 is 74.8 Å². The molecule has 77 heavy (non-hydrogen) atoms. The van der Waals surface area contributed by atoms with Gasteiger partial charge in [0.2, 0.25) is 5.60 Å². The number of H-pyrrole nitrogens is 1. The van der Waals surface area contributed by atoms with Crippen LogP contribution in [0.15, 0.2) is 60.2 Å². The number of rotatable bonds is 13. The molecule has 1 spiro atoms. The van der Waals surface area contributed by atoms with E-state index in [2.05, 4.69) is 58.1 Å². The Hall–Kier alpha value is -6.93. The van der Waals surface area contributed by atoms with Crippen LogP contribution in [0.5, 0.6) is 5.75 Å². The standard InChI is InChI=1S/C45H54N4O8.2C4H6O6/c1-8-27-19-28-22-44(40(51)55-6,36-30(25-48(23-27)24-28)29-13-10-11-14-33(29)46-36)32-20-31-34(21-35(32)54-5)47(4)38-43(31)16-18-49-17-12-15-42(9-2,37(43)49)39(57-26(3)50)45(38,53)41(52)56-7;2*5-1(3(7)8)2(6)4(9)10/h10-15,19-21,28,37-39,46,53H,8-9,16-18,22-25H2,1-7H3;2*1-2,5-6H,(H,7,8)(H,9,10)/t28-,37-,38-,39+,42+,43+,44-,45-;2*1-,2-/m011/s1. The third-order valence-corrected chi connectivity index (χ3v) is 16.4. The SMILES string of the molecule is CCC1=C[C@@H]2CN(C1)Cc1c([nH]c3ccccc13)[C@@](C(=O)OC)(c1cc3c(cc1OC)N(C)[C@@H]1[C@@](O)(C(=O)OC)[C@H](OC(C)=O)[C@]4(CC)C=CCN5CC[C@]31[C@@H]54)C2.O=C(O)[C@H](O)[C@@H](O)C(=O)O.O=C(O)[C@H](O)[C@@H](O)C(=O)O. The number of nitrogens with zero attached hydrogens (tertiary/aromatic N) is 3. The number of esters is 3. The van der Waals surface area contributed by atoms with E-state index < -0.39 is 94.2 Å². The number of hydrogen-bond donors (Lipinski definition) is 10. The molecule has 6 heterocycles. The van der Waals surface area contributed by atoms with Crippen molar-refractivity contribution in [2.45, 2.75) is 112 Å². The Balaban J connectivity index is 0.000000365. The van der Waals surface area contributed by atoms with E-state index in [4.69, 9.17) is 59.8 Å². The van der Waals surface area contributed by atoms with Gasteiger partial charge in [-0.25, -0.2) is 24.0 Å². The van der Waals surface area contributed by atoms with Crippen molar-refractivity contribution in [3.8, 4) is 5.75 Å².